The van der Waals surface area contributed by atoms with E-state index in [0.29, 0.717) is 133 Å². The molecule has 0 radical (unpaired) electrons. The number of benzene rings is 2. The average Bonchev–Trinajstić information content (AvgIpc) is 1.52. The van der Waals surface area contributed by atoms with E-state index in [4.69, 9.17) is 67.6 Å². The lowest BCUT2D eigenvalue weighted by Crippen LogP contribution is -2.61. The van der Waals surface area contributed by atoms with Crippen LogP contribution in [0.15, 0.2) is 47.3 Å². The van der Waals surface area contributed by atoms with E-state index in [1.54, 1.807) is 59.9 Å². The van der Waals surface area contributed by atoms with Crippen LogP contribution in [0.1, 0.15) is 114 Å². The van der Waals surface area contributed by atoms with Gasteiger partial charge in [-0.15, -0.1) is 0 Å². The molecule has 1 fully saturated rings. The van der Waals surface area contributed by atoms with Gasteiger partial charge in [-0.3, -0.25) is 24.0 Å². The maximum Gasteiger partial charge on any atom is 0.410 e. The molecule has 1 saturated heterocycles. The molecule has 2 aromatic carbocycles. The number of ketones is 2. The zero-order chi connectivity index (χ0) is 75.6. The van der Waals surface area contributed by atoms with E-state index in [-0.39, 0.29) is 110 Å². The number of nitrogens with two attached hydrogens (primary N) is 1. The van der Waals surface area contributed by atoms with Crippen LogP contribution in [-0.2, 0) is 113 Å². The minimum atomic E-state index is -2.08. The highest BCUT2D eigenvalue weighted by molar-refractivity contribution is 5.98. The highest BCUT2D eigenvalue weighted by Gasteiger charge is 2.49. The summed E-state index contributed by atoms with van der Waals surface area (Å²) in [6.07, 6.45) is -10.2. The van der Waals surface area contributed by atoms with Gasteiger partial charge in [0.1, 0.15) is 48.8 Å². The van der Waals surface area contributed by atoms with E-state index in [9.17, 15) is 69.0 Å². The monoisotopic (exact) mass is 1470 g/mol. The number of pyridine rings is 2. The average molecular weight is 1470 g/mol. The quantitative estimate of drug-likeness (QED) is 0.0199. The van der Waals surface area contributed by atoms with E-state index in [1.165, 1.54) is 40.7 Å². The number of aliphatic hydroxyl groups excluding tert-OH is 3. The number of hydrogen-bond donors (Lipinski definition) is 9. The number of carbonyl (C=O) groups excluding carboxylic acids is 6. The summed E-state index contributed by atoms with van der Waals surface area (Å²) in [6, 6.07) is 8.75. The van der Waals surface area contributed by atoms with Gasteiger partial charge in [-0.1, -0.05) is 40.2 Å². The molecule has 2 aromatic heterocycles. The molecule has 9 atom stereocenters. The van der Waals surface area contributed by atoms with Gasteiger partial charge >= 0.3 is 18.0 Å². The summed E-state index contributed by atoms with van der Waals surface area (Å²) in [5.41, 5.74) is 5.71. The molecule has 0 bridgehead atoms. The number of unbranched alkanes of at least 4 members (excludes halogenated alkanes) is 1. The Hall–Kier alpha value is -7.67. The highest BCUT2D eigenvalue weighted by Crippen LogP contribution is 2.41. The van der Waals surface area contributed by atoms with Crippen molar-refractivity contribution in [1.82, 2.24) is 19.8 Å². The summed E-state index contributed by atoms with van der Waals surface area (Å²) in [6.45, 7) is 15.2. The molecule has 3 aliphatic heterocycles. The van der Waals surface area contributed by atoms with E-state index in [2.05, 4.69) is 10.6 Å². The van der Waals surface area contributed by atoms with E-state index >= 15 is 0 Å². The predicted molar refractivity (Wildman–Crippen MR) is 371 cm³/mol. The zero-order valence-electron chi connectivity index (χ0n) is 60.2. The van der Waals surface area contributed by atoms with Crippen molar-refractivity contribution >= 4 is 58.0 Å². The summed E-state index contributed by atoms with van der Waals surface area (Å²) in [5, 5.41) is 70.7. The van der Waals surface area contributed by atoms with Crippen LogP contribution in [0.25, 0.3) is 22.3 Å². The molecule has 576 valence electrons. The van der Waals surface area contributed by atoms with Crippen molar-refractivity contribution in [3.63, 3.8) is 0 Å². The molecule has 10 N–H and O–H groups in total. The zero-order valence-corrected chi connectivity index (χ0v) is 60.2. The maximum atomic E-state index is 14.2. The number of fused-ring (bicyclic) bond motifs is 5. The molecule has 3 aliphatic rings. The number of aromatic nitrogens is 2. The number of rotatable bonds is 47. The lowest BCUT2D eigenvalue weighted by Gasteiger charge is -2.38. The van der Waals surface area contributed by atoms with E-state index < -0.39 is 114 Å². The van der Waals surface area contributed by atoms with Gasteiger partial charge in [-0.2, -0.15) is 0 Å². The van der Waals surface area contributed by atoms with Gasteiger partial charge in [-0.25, -0.2) is 19.4 Å². The Kier molecular flexibility index (Phi) is 33.2. The predicted octanol–water partition coefficient (Wildman–Crippen LogP) is 3.14. The van der Waals surface area contributed by atoms with Crippen molar-refractivity contribution in [3.05, 3.63) is 80.6 Å². The van der Waals surface area contributed by atoms with Crippen LogP contribution >= 0.6 is 0 Å². The number of anilines is 1. The minimum Gasteiger partial charge on any atom is -0.508 e. The minimum absolute atomic E-state index is 0.0288. The van der Waals surface area contributed by atoms with Crippen molar-refractivity contribution < 1.29 is 121 Å². The number of hydrogen-bond acceptors (Lipinski definition) is 27. The molecule has 0 unspecified atom stereocenters. The van der Waals surface area contributed by atoms with Gasteiger partial charge in [0.25, 0.3) is 5.56 Å². The number of cyclic esters (lactones) is 1. The Morgan fingerprint density at radius 3 is 1.96 bits per heavy atom. The number of nitrogens with one attached hydrogen (secondary N) is 2. The molecule has 3 amide bonds. The molecular formula is C72H102N6O26. The first-order valence-electron chi connectivity index (χ1n) is 35.2. The standard InChI is InChI=1S/C72H102N6O26/c1-8-72(92)52-37-55-60-47(38-78(55)67(87)51(52)41-101-70(72)90)36-49-50(56(80)15-14-53(49)74-60)39-77(43(4)5)71(91)102-40-45-12-13-54(58(34-45)103-69-63(84)61(82)62(83)64(104-69)68(88)89)75-65(85)44(6)33-57(81)59(42(2)3)76-66(86)46(11-9-10-17-73)35-48(79)16-18-94-21-22-96-25-26-98-29-30-100-32-31-99-28-27-97-24-23-95-20-19-93-7/h12-15,34,36-37,42-44,46,59,61-64,69,80,82-84,92H,8-11,16-33,35,38-41,73H2,1-7H3,(H,75,85)(H,76,86)(H,88,89)/t44-,46-,59+,61+,62+,63-,64+,69-,72+/m1/s1. The van der Waals surface area contributed by atoms with Crippen LogP contribution in [0.2, 0.25) is 0 Å². The van der Waals surface area contributed by atoms with Crippen LogP contribution in [0.3, 0.4) is 0 Å². The molecule has 0 spiro atoms. The molecule has 32 nitrogen and oxygen atoms in total. The molecule has 5 heterocycles. The third kappa shape index (κ3) is 22.9. The van der Waals surface area contributed by atoms with Crippen LogP contribution < -0.4 is 26.7 Å². The number of methoxy groups -OCH3 is 1. The Labute approximate surface area is 602 Å². The van der Waals surface area contributed by atoms with Crippen molar-refractivity contribution in [2.24, 2.45) is 23.5 Å². The summed E-state index contributed by atoms with van der Waals surface area (Å²) in [5.74, 6) is -7.37. The number of aliphatic carboxylic acids is 1. The number of Topliss-reactive ketones (excluding diaryl/α,β-unsaturated/α-hetero) is 2. The second-order valence-electron chi connectivity index (χ2n) is 26.2. The fourth-order valence-corrected chi connectivity index (χ4v) is 11.9. The molecule has 104 heavy (non-hydrogen) atoms. The number of amides is 3. The number of carbonyl (C=O) groups is 7. The third-order valence-corrected chi connectivity index (χ3v) is 18.0. The van der Waals surface area contributed by atoms with Gasteiger partial charge in [0.2, 0.25) is 18.1 Å². The topological polar surface area (TPSA) is 440 Å². The second-order valence-corrected chi connectivity index (χ2v) is 26.2. The van der Waals surface area contributed by atoms with Crippen LogP contribution in [-0.4, -0.2) is 242 Å². The van der Waals surface area contributed by atoms with E-state index in [1.807, 2.05) is 0 Å². The Morgan fingerprint density at radius 2 is 1.38 bits per heavy atom. The first-order valence-corrected chi connectivity index (χ1v) is 35.2. The fourth-order valence-electron chi connectivity index (χ4n) is 11.9. The third-order valence-electron chi connectivity index (χ3n) is 18.0. The SMILES string of the molecule is CC[C@@]1(O)C(=O)OCc2c1cc1n(c2=O)Cc2cc3c(CN(C(=O)OCc4ccc(NC(=O)[C@H](C)CC(=O)[C@@H](NC(=O)[C@H](CCCCN)CC(=O)CCOCCOCCOCCOCCOCCOCCOCCOC)C(C)C)c(O[C@@H]5O[C@H](C(=O)O)[C@@H](O)[C@H](O)[C@H]5O)c4)C(C)C)c(O)ccc3nc2-1. The summed E-state index contributed by atoms with van der Waals surface area (Å²) < 4.78 is 67.3. The summed E-state index contributed by atoms with van der Waals surface area (Å²) in [7, 11) is 1.62. The number of esters is 1. The Balaban J connectivity index is 0.923. The molecule has 4 aromatic rings. The van der Waals surface area contributed by atoms with Gasteiger partial charge < -0.3 is 113 Å². The molecular weight excluding hydrogens is 1360 g/mol. The number of phenolic OH excluding ortho intramolecular Hbond substituents is 1. The fraction of sp³-hybridized carbons (Fsp3) is 0.625. The summed E-state index contributed by atoms with van der Waals surface area (Å²) in [4.78, 5) is 115. The maximum absolute atomic E-state index is 14.2. The van der Waals surface area contributed by atoms with Crippen LogP contribution in [0.5, 0.6) is 11.5 Å². The first-order chi connectivity index (χ1) is 49.8. The van der Waals surface area contributed by atoms with Crippen molar-refractivity contribution in [2.75, 3.05) is 118 Å². The molecule has 7 rings (SSSR count). The highest BCUT2D eigenvalue weighted by atomic mass is 16.7. The van der Waals surface area contributed by atoms with Gasteiger partial charge in [0.15, 0.2) is 17.5 Å². The van der Waals surface area contributed by atoms with Crippen LogP contribution in [0, 0.1) is 17.8 Å². The number of carboxylic acids is 1. The largest absolute Gasteiger partial charge is 0.508 e. The lowest BCUT2D eigenvalue weighted by atomic mass is 9.86. The Bertz CT molecular complexity index is 3590. The van der Waals surface area contributed by atoms with Crippen molar-refractivity contribution in [2.45, 2.75) is 161 Å². The van der Waals surface area contributed by atoms with E-state index in [0.717, 1.165) is 0 Å². The lowest BCUT2D eigenvalue weighted by molar-refractivity contribution is -0.271. The number of nitrogens with zero attached hydrogens (tertiary/aromatic N) is 3. The van der Waals surface area contributed by atoms with Gasteiger partial charge in [-0.05, 0) is 87.5 Å². The molecule has 0 aliphatic carbocycles. The normalized spacial score (nSPS) is 19.2. The van der Waals surface area contributed by atoms with Gasteiger partial charge in [0, 0.05) is 66.3 Å². The smallest absolute Gasteiger partial charge is 0.410 e. The second kappa shape index (κ2) is 41.3. The number of phenols is 1. The number of aromatic hydroxyl groups is 1. The Morgan fingerprint density at radius 1 is 0.769 bits per heavy atom. The van der Waals surface area contributed by atoms with Gasteiger partial charge in [0.05, 0.1) is 146 Å². The number of ether oxygens (including phenoxy) is 12. The van der Waals surface area contributed by atoms with Crippen molar-refractivity contribution in [3.8, 4) is 22.9 Å². The number of carboxylic acid groups (broad SMARTS) is 1. The summed E-state index contributed by atoms with van der Waals surface area (Å²) >= 11 is 0. The number of aliphatic hydroxyl groups is 4. The molecule has 0 saturated carbocycles. The first kappa shape index (κ1) is 83.6. The van der Waals surface area contributed by atoms with Crippen LogP contribution in [0.4, 0.5) is 10.5 Å². The molecule has 32 heteroatoms. The van der Waals surface area contributed by atoms with Crippen molar-refractivity contribution in [1.29, 1.82) is 0 Å².